The van der Waals surface area contributed by atoms with Crippen LogP contribution in [0.15, 0.2) is 12.1 Å². The Morgan fingerprint density at radius 2 is 1.89 bits per heavy atom. The molecule has 104 valence electrons. The Bertz CT molecular complexity index is 491. The van der Waals surface area contributed by atoms with Crippen LogP contribution in [-0.4, -0.2) is 25.5 Å². The number of amides is 1. The van der Waals surface area contributed by atoms with Gasteiger partial charge in [-0.3, -0.25) is 9.59 Å². The highest BCUT2D eigenvalue weighted by molar-refractivity contribution is 5.79. The maximum absolute atomic E-state index is 13.3. The minimum atomic E-state index is -1.61. The highest BCUT2D eigenvalue weighted by Crippen LogP contribution is 2.15. The Morgan fingerprint density at radius 3 is 2.53 bits per heavy atom. The van der Waals surface area contributed by atoms with Crippen LogP contribution in [0.5, 0.6) is 0 Å². The van der Waals surface area contributed by atoms with Gasteiger partial charge in [0.25, 0.3) is 0 Å². The average Bonchev–Trinajstić information content (AvgIpc) is 2.39. The van der Waals surface area contributed by atoms with E-state index in [1.54, 1.807) is 0 Å². The molecule has 0 fully saturated rings. The Morgan fingerprint density at radius 1 is 1.21 bits per heavy atom. The van der Waals surface area contributed by atoms with Crippen LogP contribution in [0.1, 0.15) is 12.0 Å². The van der Waals surface area contributed by atoms with Crippen molar-refractivity contribution >= 4 is 11.9 Å². The van der Waals surface area contributed by atoms with Gasteiger partial charge in [-0.1, -0.05) is 6.07 Å². The summed E-state index contributed by atoms with van der Waals surface area (Å²) in [6.45, 7) is 0.0246. The van der Waals surface area contributed by atoms with Crippen LogP contribution in [0, 0.1) is 17.5 Å². The van der Waals surface area contributed by atoms with Crippen molar-refractivity contribution in [3.63, 3.8) is 0 Å². The Labute approximate surface area is 107 Å². The molecular formula is C12H12F3NO3. The highest BCUT2D eigenvalue weighted by Gasteiger charge is 2.15. The fraction of sp³-hybridized carbons (Fsp3) is 0.333. The van der Waals surface area contributed by atoms with Crippen molar-refractivity contribution in [2.75, 3.05) is 13.7 Å². The van der Waals surface area contributed by atoms with Gasteiger partial charge in [-0.15, -0.1) is 0 Å². The summed E-state index contributed by atoms with van der Waals surface area (Å²) in [5.41, 5.74) is -0.255. The van der Waals surface area contributed by atoms with E-state index in [1.165, 1.54) is 7.11 Å². The largest absolute Gasteiger partial charge is 0.469 e. The van der Waals surface area contributed by atoms with Gasteiger partial charge >= 0.3 is 5.97 Å². The monoisotopic (exact) mass is 275 g/mol. The zero-order valence-corrected chi connectivity index (χ0v) is 10.1. The normalized spacial score (nSPS) is 10.1. The van der Waals surface area contributed by atoms with Crippen LogP contribution >= 0.6 is 0 Å². The number of benzene rings is 1. The molecule has 1 N–H and O–H groups in total. The third-order valence-electron chi connectivity index (χ3n) is 2.35. The average molecular weight is 275 g/mol. The molecule has 0 bridgehead atoms. The fourth-order valence-electron chi connectivity index (χ4n) is 1.34. The second-order valence-corrected chi connectivity index (χ2v) is 3.69. The molecule has 1 amide bonds. The summed E-state index contributed by atoms with van der Waals surface area (Å²) < 4.78 is 43.2. The van der Waals surface area contributed by atoms with Gasteiger partial charge in [0.2, 0.25) is 5.91 Å². The molecule has 0 aliphatic heterocycles. The summed E-state index contributed by atoms with van der Waals surface area (Å²) >= 11 is 0. The molecule has 0 aromatic heterocycles. The Kier molecular flexibility index (Phi) is 5.35. The van der Waals surface area contributed by atoms with Gasteiger partial charge in [0.15, 0.2) is 17.5 Å². The van der Waals surface area contributed by atoms with Gasteiger partial charge in [0.1, 0.15) is 0 Å². The van der Waals surface area contributed by atoms with E-state index >= 15 is 0 Å². The van der Waals surface area contributed by atoms with E-state index in [2.05, 4.69) is 10.1 Å². The molecule has 4 nitrogen and oxygen atoms in total. The van der Waals surface area contributed by atoms with Crippen molar-refractivity contribution in [1.29, 1.82) is 0 Å². The molecule has 0 heterocycles. The molecule has 0 aliphatic carbocycles. The Hall–Kier alpha value is -2.05. The first-order valence-corrected chi connectivity index (χ1v) is 5.41. The third kappa shape index (κ3) is 4.27. The maximum atomic E-state index is 13.3. The van der Waals surface area contributed by atoms with Crippen LogP contribution in [0.2, 0.25) is 0 Å². The maximum Gasteiger partial charge on any atom is 0.307 e. The van der Waals surface area contributed by atoms with Gasteiger partial charge in [0.05, 0.1) is 20.0 Å². The second-order valence-electron chi connectivity index (χ2n) is 3.69. The molecule has 1 rings (SSSR count). The van der Waals surface area contributed by atoms with Gasteiger partial charge in [0, 0.05) is 12.1 Å². The van der Waals surface area contributed by atoms with Gasteiger partial charge in [-0.2, -0.15) is 0 Å². The van der Waals surface area contributed by atoms with Crippen molar-refractivity contribution in [2.45, 2.75) is 12.8 Å². The zero-order chi connectivity index (χ0) is 14.4. The lowest BCUT2D eigenvalue weighted by molar-refractivity contribution is -0.140. The standard InChI is InChI=1S/C12H12F3NO3/c1-19-10(18)4-5-16-9(17)6-7-2-3-8(13)12(15)11(7)14/h2-3H,4-6H2,1H3,(H,16,17). The minimum Gasteiger partial charge on any atom is -0.469 e. The number of carbonyl (C=O) groups excluding carboxylic acids is 2. The molecule has 7 heteroatoms. The number of hydrogen-bond donors (Lipinski definition) is 1. The number of nitrogens with one attached hydrogen (secondary N) is 1. The van der Waals surface area contributed by atoms with Gasteiger partial charge in [-0.25, -0.2) is 13.2 Å². The first kappa shape index (κ1) is 15.0. The lowest BCUT2D eigenvalue weighted by atomic mass is 10.1. The predicted molar refractivity (Wildman–Crippen MR) is 59.7 cm³/mol. The third-order valence-corrected chi connectivity index (χ3v) is 2.35. The molecule has 0 aliphatic rings. The van der Waals surface area contributed by atoms with E-state index < -0.39 is 35.7 Å². The lowest BCUT2D eigenvalue weighted by Gasteiger charge is -2.06. The summed E-state index contributed by atoms with van der Waals surface area (Å²) in [6.07, 6.45) is -0.466. The Balaban J connectivity index is 2.53. The number of halogens is 3. The molecular weight excluding hydrogens is 263 g/mol. The van der Waals surface area contributed by atoms with Crippen LogP contribution in [0.3, 0.4) is 0 Å². The van der Waals surface area contributed by atoms with Gasteiger partial charge in [-0.05, 0) is 6.07 Å². The topological polar surface area (TPSA) is 55.4 Å². The minimum absolute atomic E-state index is 0.0246. The lowest BCUT2D eigenvalue weighted by Crippen LogP contribution is -2.28. The number of esters is 1. The molecule has 1 aromatic carbocycles. The predicted octanol–water partition coefficient (Wildman–Crippen LogP) is 1.33. The van der Waals surface area contributed by atoms with Crippen LogP contribution in [-0.2, 0) is 20.7 Å². The quantitative estimate of drug-likeness (QED) is 0.651. The molecule has 0 radical (unpaired) electrons. The number of methoxy groups -OCH3 is 1. The SMILES string of the molecule is COC(=O)CCNC(=O)Cc1ccc(F)c(F)c1F. The molecule has 19 heavy (non-hydrogen) atoms. The van der Waals surface area contributed by atoms with Crippen molar-refractivity contribution in [3.05, 3.63) is 35.1 Å². The van der Waals surface area contributed by atoms with E-state index in [0.29, 0.717) is 0 Å². The first-order valence-electron chi connectivity index (χ1n) is 5.41. The van der Waals surface area contributed by atoms with E-state index in [-0.39, 0.29) is 18.5 Å². The van der Waals surface area contributed by atoms with E-state index in [4.69, 9.17) is 0 Å². The molecule has 0 unspecified atom stereocenters. The zero-order valence-electron chi connectivity index (χ0n) is 10.1. The van der Waals surface area contributed by atoms with Crippen LogP contribution < -0.4 is 5.32 Å². The van der Waals surface area contributed by atoms with E-state index in [0.717, 1.165) is 12.1 Å². The van der Waals surface area contributed by atoms with Crippen LogP contribution in [0.25, 0.3) is 0 Å². The number of rotatable bonds is 5. The number of carbonyl (C=O) groups is 2. The van der Waals surface area contributed by atoms with Crippen molar-refractivity contribution < 1.29 is 27.5 Å². The molecule has 0 atom stereocenters. The number of hydrogen-bond acceptors (Lipinski definition) is 3. The summed E-state index contributed by atoms with van der Waals surface area (Å²) in [7, 11) is 1.21. The summed E-state index contributed by atoms with van der Waals surface area (Å²) in [4.78, 5) is 22.1. The van der Waals surface area contributed by atoms with Crippen LogP contribution in [0.4, 0.5) is 13.2 Å². The van der Waals surface area contributed by atoms with Crippen molar-refractivity contribution in [1.82, 2.24) is 5.32 Å². The van der Waals surface area contributed by atoms with E-state index in [9.17, 15) is 22.8 Å². The summed E-state index contributed by atoms with van der Waals surface area (Å²) in [5, 5.41) is 2.34. The molecule has 0 saturated heterocycles. The van der Waals surface area contributed by atoms with Crippen molar-refractivity contribution in [3.8, 4) is 0 Å². The molecule has 1 aromatic rings. The van der Waals surface area contributed by atoms with Crippen molar-refractivity contribution in [2.24, 2.45) is 0 Å². The van der Waals surface area contributed by atoms with Gasteiger partial charge < -0.3 is 10.1 Å². The number of ether oxygens (including phenoxy) is 1. The first-order chi connectivity index (χ1) is 8.95. The van der Waals surface area contributed by atoms with E-state index in [1.807, 2.05) is 0 Å². The fourth-order valence-corrected chi connectivity index (χ4v) is 1.34. The molecule has 0 saturated carbocycles. The summed E-state index contributed by atoms with van der Waals surface area (Å²) in [6, 6.07) is 1.74. The smallest absolute Gasteiger partial charge is 0.307 e. The second kappa shape index (κ2) is 6.77. The highest BCUT2D eigenvalue weighted by atomic mass is 19.2. The summed E-state index contributed by atoms with van der Waals surface area (Å²) in [5.74, 6) is -5.41. The molecule has 0 spiro atoms.